The highest BCUT2D eigenvalue weighted by molar-refractivity contribution is 5.82. The maximum absolute atomic E-state index is 12.6. The third-order valence-electron chi connectivity index (χ3n) is 6.43. The summed E-state index contributed by atoms with van der Waals surface area (Å²) >= 11 is 0. The lowest BCUT2D eigenvalue weighted by Gasteiger charge is -2.47. The molecule has 0 aromatic carbocycles. The van der Waals surface area contributed by atoms with Crippen molar-refractivity contribution in [2.75, 3.05) is 13.1 Å². The first-order valence-electron chi connectivity index (χ1n) is 8.20. The van der Waals surface area contributed by atoms with Crippen LogP contribution in [-0.2, 0) is 4.79 Å². The number of hydrogen-bond acceptors (Lipinski definition) is 2. The van der Waals surface area contributed by atoms with Crippen LogP contribution in [0.25, 0.3) is 0 Å². The Kier molecular flexibility index (Phi) is 2.70. The highest BCUT2D eigenvalue weighted by Gasteiger charge is 2.58. The van der Waals surface area contributed by atoms with Crippen LogP contribution in [-0.4, -0.2) is 34.6 Å². The highest BCUT2D eigenvalue weighted by Crippen LogP contribution is 2.58. The van der Waals surface area contributed by atoms with Gasteiger partial charge in [-0.25, -0.2) is 0 Å². The second-order valence-corrected chi connectivity index (χ2v) is 7.36. The van der Waals surface area contributed by atoms with Crippen molar-refractivity contribution in [3.05, 3.63) is 0 Å². The van der Waals surface area contributed by atoms with Crippen LogP contribution in [0.4, 0.5) is 0 Å². The summed E-state index contributed by atoms with van der Waals surface area (Å²) in [6, 6.07) is 0. The van der Waals surface area contributed by atoms with Gasteiger partial charge >= 0.3 is 0 Å². The van der Waals surface area contributed by atoms with Crippen LogP contribution in [0, 0.1) is 23.7 Å². The van der Waals surface area contributed by atoms with Crippen LogP contribution in [0.1, 0.15) is 51.4 Å². The van der Waals surface area contributed by atoms with Gasteiger partial charge in [0.25, 0.3) is 0 Å². The topological polar surface area (TPSA) is 40.5 Å². The molecule has 3 aliphatic carbocycles. The van der Waals surface area contributed by atoms with Gasteiger partial charge in [-0.2, -0.15) is 0 Å². The minimum Gasteiger partial charge on any atom is -0.389 e. The molecule has 1 amide bonds. The maximum atomic E-state index is 12.6. The second-order valence-electron chi connectivity index (χ2n) is 7.36. The lowest BCUT2D eigenvalue weighted by Crippen LogP contribution is -2.55. The first kappa shape index (κ1) is 12.2. The van der Waals surface area contributed by atoms with Gasteiger partial charge in [-0.15, -0.1) is 0 Å². The highest BCUT2D eigenvalue weighted by atomic mass is 16.3. The Labute approximate surface area is 115 Å². The molecule has 0 spiro atoms. The molecule has 0 aromatic heterocycles. The number of rotatable bonds is 1. The van der Waals surface area contributed by atoms with Crippen LogP contribution in [0.5, 0.6) is 0 Å². The van der Waals surface area contributed by atoms with Gasteiger partial charge in [-0.05, 0) is 43.9 Å². The summed E-state index contributed by atoms with van der Waals surface area (Å²) in [5.41, 5.74) is -0.450. The van der Waals surface area contributed by atoms with Gasteiger partial charge in [0.15, 0.2) is 0 Å². The monoisotopic (exact) mass is 263 g/mol. The number of carbonyl (C=O) groups is 1. The Hall–Kier alpha value is -0.570. The van der Waals surface area contributed by atoms with Crippen LogP contribution < -0.4 is 0 Å². The zero-order valence-corrected chi connectivity index (χ0v) is 11.7. The van der Waals surface area contributed by atoms with Crippen molar-refractivity contribution in [1.29, 1.82) is 0 Å². The van der Waals surface area contributed by atoms with E-state index in [-0.39, 0.29) is 0 Å². The quantitative estimate of drug-likeness (QED) is 0.788. The summed E-state index contributed by atoms with van der Waals surface area (Å²) in [5.74, 6) is 2.57. The first-order valence-corrected chi connectivity index (χ1v) is 8.20. The number of piperidine rings is 1. The van der Waals surface area contributed by atoms with Crippen molar-refractivity contribution in [2.24, 2.45) is 23.7 Å². The lowest BCUT2D eigenvalue weighted by molar-refractivity contribution is -0.145. The molecule has 4 atom stereocenters. The van der Waals surface area contributed by atoms with Gasteiger partial charge in [-0.3, -0.25) is 4.79 Å². The fourth-order valence-electron chi connectivity index (χ4n) is 5.17. The molecule has 3 heteroatoms. The zero-order valence-electron chi connectivity index (χ0n) is 11.7. The SMILES string of the molecule is O=C(C1C2CCCC21)N1CCC2(O)CCCCC2C1. The van der Waals surface area contributed by atoms with E-state index in [1.807, 2.05) is 0 Å². The summed E-state index contributed by atoms with van der Waals surface area (Å²) in [6.07, 6.45) is 9.15. The molecule has 3 saturated carbocycles. The van der Waals surface area contributed by atoms with E-state index in [4.69, 9.17) is 0 Å². The normalized spacial score (nSPS) is 48.6. The molecule has 0 bridgehead atoms. The van der Waals surface area contributed by atoms with Gasteiger partial charge in [-0.1, -0.05) is 19.3 Å². The van der Waals surface area contributed by atoms with Crippen LogP contribution in [0.2, 0.25) is 0 Å². The average Bonchev–Trinajstić information content (AvgIpc) is 2.89. The van der Waals surface area contributed by atoms with Crippen molar-refractivity contribution in [3.63, 3.8) is 0 Å². The van der Waals surface area contributed by atoms with E-state index >= 15 is 0 Å². The van der Waals surface area contributed by atoms with E-state index in [9.17, 15) is 9.90 Å². The lowest BCUT2D eigenvalue weighted by atomic mass is 9.71. The Bertz CT molecular complexity index is 386. The van der Waals surface area contributed by atoms with E-state index in [2.05, 4.69) is 4.90 Å². The zero-order chi connectivity index (χ0) is 13.0. The molecule has 1 heterocycles. The summed E-state index contributed by atoms with van der Waals surface area (Å²) < 4.78 is 0. The first-order chi connectivity index (χ1) is 9.19. The van der Waals surface area contributed by atoms with E-state index in [0.717, 1.165) is 50.6 Å². The summed E-state index contributed by atoms with van der Waals surface area (Å²) in [5, 5.41) is 10.7. The number of carbonyl (C=O) groups excluding carboxylic acids is 1. The third-order valence-corrected chi connectivity index (χ3v) is 6.43. The Balaban J connectivity index is 1.42. The summed E-state index contributed by atoms with van der Waals surface area (Å²) in [6.45, 7) is 1.62. The smallest absolute Gasteiger partial charge is 0.226 e. The molecule has 1 aliphatic heterocycles. The summed E-state index contributed by atoms with van der Waals surface area (Å²) in [4.78, 5) is 14.7. The van der Waals surface area contributed by atoms with Gasteiger partial charge < -0.3 is 10.0 Å². The van der Waals surface area contributed by atoms with Gasteiger partial charge in [0.2, 0.25) is 5.91 Å². The van der Waals surface area contributed by atoms with Gasteiger partial charge in [0, 0.05) is 24.9 Å². The van der Waals surface area contributed by atoms with Crippen molar-refractivity contribution in [3.8, 4) is 0 Å². The molecular formula is C16H25NO2. The predicted molar refractivity (Wildman–Crippen MR) is 72.4 cm³/mol. The fraction of sp³-hybridized carbons (Fsp3) is 0.938. The molecule has 4 unspecified atom stereocenters. The standard InChI is InChI=1S/C16H25NO2/c18-15(14-12-5-3-6-13(12)14)17-9-8-16(19)7-2-1-4-11(16)10-17/h11-14,19H,1-10H2. The van der Waals surface area contributed by atoms with Gasteiger partial charge in [0.1, 0.15) is 0 Å². The fourth-order valence-corrected chi connectivity index (χ4v) is 5.17. The van der Waals surface area contributed by atoms with Gasteiger partial charge in [0.05, 0.1) is 5.60 Å². The molecule has 4 rings (SSSR count). The molecule has 0 aromatic rings. The molecule has 1 N–H and O–H groups in total. The summed E-state index contributed by atoms with van der Waals surface area (Å²) in [7, 11) is 0. The van der Waals surface area contributed by atoms with Crippen LogP contribution >= 0.6 is 0 Å². The van der Waals surface area contributed by atoms with E-state index < -0.39 is 5.60 Å². The van der Waals surface area contributed by atoms with Crippen LogP contribution in [0.15, 0.2) is 0 Å². The maximum Gasteiger partial charge on any atom is 0.226 e. The minimum atomic E-state index is -0.450. The Morgan fingerprint density at radius 3 is 2.63 bits per heavy atom. The van der Waals surface area contributed by atoms with Crippen molar-refractivity contribution >= 4 is 5.91 Å². The number of likely N-dealkylation sites (tertiary alicyclic amines) is 1. The number of nitrogens with zero attached hydrogens (tertiary/aromatic N) is 1. The van der Waals surface area contributed by atoms with Crippen molar-refractivity contribution in [2.45, 2.75) is 57.0 Å². The molecule has 4 aliphatic rings. The number of aliphatic hydroxyl groups is 1. The molecule has 1 saturated heterocycles. The van der Waals surface area contributed by atoms with E-state index in [1.54, 1.807) is 0 Å². The molecule has 19 heavy (non-hydrogen) atoms. The Morgan fingerprint density at radius 2 is 1.84 bits per heavy atom. The second kappa shape index (κ2) is 4.21. The Morgan fingerprint density at radius 1 is 1.05 bits per heavy atom. The molecule has 106 valence electrons. The molecule has 3 nitrogen and oxygen atoms in total. The molecule has 0 radical (unpaired) electrons. The average molecular weight is 263 g/mol. The van der Waals surface area contributed by atoms with E-state index in [0.29, 0.717) is 17.7 Å². The minimum absolute atomic E-state index is 0.345. The third kappa shape index (κ3) is 1.84. The number of fused-ring (bicyclic) bond motifs is 2. The molecule has 4 fully saturated rings. The molecular weight excluding hydrogens is 238 g/mol. The number of amides is 1. The van der Waals surface area contributed by atoms with Crippen molar-refractivity contribution < 1.29 is 9.90 Å². The van der Waals surface area contributed by atoms with Crippen molar-refractivity contribution in [1.82, 2.24) is 4.90 Å². The predicted octanol–water partition coefficient (Wildman–Crippen LogP) is 2.19. The number of hydrogen-bond donors (Lipinski definition) is 1. The van der Waals surface area contributed by atoms with E-state index in [1.165, 1.54) is 25.7 Å². The largest absolute Gasteiger partial charge is 0.389 e. The van der Waals surface area contributed by atoms with Crippen LogP contribution in [0.3, 0.4) is 0 Å².